The molecule has 2 atom stereocenters. The number of hydrogen-bond donors (Lipinski definition) is 1. The smallest absolute Gasteiger partial charge is 0.276 e. The molecule has 1 N–H and O–H groups in total. The molecule has 2 fully saturated rings. The minimum Gasteiger partial charge on any atom is -0.379 e. The van der Waals surface area contributed by atoms with E-state index in [4.69, 9.17) is 9.84 Å². The van der Waals surface area contributed by atoms with E-state index in [1.54, 1.807) is 18.2 Å². The summed E-state index contributed by atoms with van der Waals surface area (Å²) in [6.07, 6.45) is 2.07. The fourth-order valence-electron chi connectivity index (χ4n) is 6.50. The quantitative estimate of drug-likeness (QED) is 0.541. The second-order valence-corrected chi connectivity index (χ2v) is 12.9. The molecular formula is C28H32N4O4S. The molecule has 2 aliphatic carbocycles. The highest BCUT2D eigenvalue weighted by atomic mass is 32.2. The van der Waals surface area contributed by atoms with E-state index in [2.05, 4.69) is 26.1 Å². The molecule has 1 amide bonds. The van der Waals surface area contributed by atoms with Gasteiger partial charge in [0.05, 0.1) is 29.5 Å². The van der Waals surface area contributed by atoms with E-state index in [9.17, 15) is 13.2 Å². The highest BCUT2D eigenvalue weighted by Crippen LogP contribution is 2.68. The summed E-state index contributed by atoms with van der Waals surface area (Å²) >= 11 is 0. The number of anilines is 1. The normalized spacial score (nSPS) is 24.7. The van der Waals surface area contributed by atoms with Crippen LogP contribution in [-0.4, -0.2) is 54.7 Å². The molecule has 3 aliphatic rings. The Balaban J connectivity index is 1.37. The molecule has 6 rings (SSSR count). The Labute approximate surface area is 217 Å². The molecule has 0 unspecified atom stereocenters. The topological polar surface area (TPSA) is 93.5 Å². The maximum absolute atomic E-state index is 13.7. The molecular weight excluding hydrogens is 488 g/mol. The van der Waals surface area contributed by atoms with Crippen LogP contribution in [0, 0.1) is 5.41 Å². The molecule has 194 valence electrons. The second kappa shape index (κ2) is 8.51. The summed E-state index contributed by atoms with van der Waals surface area (Å²) in [5, 5.41) is 7.80. The third-order valence-corrected chi connectivity index (χ3v) is 10.8. The van der Waals surface area contributed by atoms with Gasteiger partial charge in [0, 0.05) is 29.8 Å². The van der Waals surface area contributed by atoms with Crippen LogP contribution in [0.25, 0.3) is 5.69 Å². The predicted molar refractivity (Wildman–Crippen MR) is 141 cm³/mol. The number of carbonyl (C=O) groups is 1. The van der Waals surface area contributed by atoms with Gasteiger partial charge >= 0.3 is 0 Å². The monoisotopic (exact) mass is 520 g/mol. The molecule has 3 aromatic rings. The summed E-state index contributed by atoms with van der Waals surface area (Å²) < 4.78 is 35.0. The number of rotatable bonds is 5. The average Bonchev–Trinajstić information content (AvgIpc) is 3.47. The van der Waals surface area contributed by atoms with Crippen molar-refractivity contribution in [3.8, 4) is 5.69 Å². The number of sulfonamides is 1. The van der Waals surface area contributed by atoms with Gasteiger partial charge < -0.3 is 10.1 Å². The minimum absolute atomic E-state index is 0.00167. The molecule has 1 aliphatic heterocycles. The number of ether oxygens (including phenoxy) is 1. The number of aromatic nitrogens is 2. The SMILES string of the molecule is CC1(C)[C@@H]2CC[C@@]1(C)c1c2c(C(=O)Nc2cccc(S(=O)(=O)N3CCOCC3)c2)nn1-c1ccccc1. The Morgan fingerprint density at radius 1 is 1.05 bits per heavy atom. The van der Waals surface area contributed by atoms with E-state index in [1.165, 1.54) is 10.4 Å². The summed E-state index contributed by atoms with van der Waals surface area (Å²) in [4.78, 5) is 13.9. The molecule has 1 saturated carbocycles. The molecule has 2 aromatic carbocycles. The van der Waals surface area contributed by atoms with Gasteiger partial charge in [-0.2, -0.15) is 9.40 Å². The van der Waals surface area contributed by atoms with Crippen molar-refractivity contribution in [2.75, 3.05) is 31.6 Å². The lowest BCUT2D eigenvalue weighted by Gasteiger charge is -2.35. The number of morpholine rings is 1. The van der Waals surface area contributed by atoms with E-state index in [-0.39, 0.29) is 27.6 Å². The molecule has 8 nitrogen and oxygen atoms in total. The lowest BCUT2D eigenvalue weighted by atomic mass is 9.70. The Morgan fingerprint density at radius 2 is 1.78 bits per heavy atom. The zero-order valence-electron chi connectivity index (χ0n) is 21.4. The van der Waals surface area contributed by atoms with Gasteiger partial charge in [0.15, 0.2) is 5.69 Å². The third-order valence-electron chi connectivity index (χ3n) is 8.94. The molecule has 1 aromatic heterocycles. The summed E-state index contributed by atoms with van der Waals surface area (Å²) in [6, 6.07) is 16.4. The molecule has 37 heavy (non-hydrogen) atoms. The third kappa shape index (κ3) is 3.59. The maximum Gasteiger partial charge on any atom is 0.276 e. The highest BCUT2D eigenvalue weighted by molar-refractivity contribution is 7.89. The van der Waals surface area contributed by atoms with Crippen LogP contribution in [0.2, 0.25) is 0 Å². The number of nitrogens with zero attached hydrogens (tertiary/aromatic N) is 3. The van der Waals surface area contributed by atoms with Gasteiger partial charge in [-0.1, -0.05) is 45.0 Å². The van der Waals surface area contributed by atoms with Gasteiger partial charge in [0.2, 0.25) is 10.0 Å². The van der Waals surface area contributed by atoms with Gasteiger partial charge in [-0.05, 0) is 54.5 Å². The summed E-state index contributed by atoms with van der Waals surface area (Å²) in [7, 11) is -3.67. The van der Waals surface area contributed by atoms with Crippen LogP contribution in [0.1, 0.15) is 61.3 Å². The van der Waals surface area contributed by atoms with Crippen molar-refractivity contribution in [2.24, 2.45) is 5.41 Å². The Kier molecular flexibility index (Phi) is 5.60. The van der Waals surface area contributed by atoms with E-state index in [0.717, 1.165) is 29.8 Å². The van der Waals surface area contributed by atoms with E-state index < -0.39 is 10.0 Å². The van der Waals surface area contributed by atoms with Crippen LogP contribution < -0.4 is 5.32 Å². The molecule has 0 spiro atoms. The van der Waals surface area contributed by atoms with Crippen LogP contribution >= 0.6 is 0 Å². The van der Waals surface area contributed by atoms with Crippen molar-refractivity contribution in [2.45, 2.75) is 49.8 Å². The largest absolute Gasteiger partial charge is 0.379 e. The summed E-state index contributed by atoms with van der Waals surface area (Å²) in [5.74, 6) is -0.0856. The first-order valence-corrected chi connectivity index (χ1v) is 14.3. The number of fused-ring (bicyclic) bond motifs is 5. The molecule has 1 saturated heterocycles. The van der Waals surface area contributed by atoms with E-state index >= 15 is 0 Å². The average molecular weight is 521 g/mol. The van der Waals surface area contributed by atoms with Crippen LogP contribution in [-0.2, 0) is 20.2 Å². The highest BCUT2D eigenvalue weighted by Gasteiger charge is 2.63. The molecule has 2 bridgehead atoms. The molecule has 0 radical (unpaired) electrons. The lowest BCUT2D eigenvalue weighted by Crippen LogP contribution is -2.40. The van der Waals surface area contributed by atoms with Gasteiger partial charge in [-0.25, -0.2) is 13.1 Å². The number of benzene rings is 2. The Bertz CT molecular complexity index is 1480. The standard InChI is InChI=1S/C28H32N4O4S/c1-27(2)22-12-13-28(27,3)25-23(22)24(30-32(25)20-9-5-4-6-10-20)26(33)29-19-8-7-11-21(18-19)37(34,35)31-14-16-36-17-15-31/h4-11,18,22H,12-17H2,1-3H3,(H,29,33)/t22-,28+/m1/s1. The number of carbonyl (C=O) groups excluding carboxylic acids is 1. The van der Waals surface area contributed by atoms with Crippen LogP contribution in [0.5, 0.6) is 0 Å². The number of amides is 1. The van der Waals surface area contributed by atoms with Crippen LogP contribution in [0.15, 0.2) is 59.5 Å². The van der Waals surface area contributed by atoms with Gasteiger partial charge in [-0.3, -0.25) is 4.79 Å². The Hall–Kier alpha value is -3.01. The maximum atomic E-state index is 13.7. The van der Waals surface area contributed by atoms with Crippen molar-refractivity contribution in [3.05, 3.63) is 71.5 Å². The van der Waals surface area contributed by atoms with Crippen molar-refractivity contribution in [1.29, 1.82) is 0 Å². The van der Waals surface area contributed by atoms with Crippen LogP contribution in [0.3, 0.4) is 0 Å². The van der Waals surface area contributed by atoms with Gasteiger partial charge in [-0.15, -0.1) is 0 Å². The van der Waals surface area contributed by atoms with Crippen molar-refractivity contribution >= 4 is 21.6 Å². The Morgan fingerprint density at radius 3 is 2.51 bits per heavy atom. The van der Waals surface area contributed by atoms with E-state index in [1.807, 2.05) is 35.0 Å². The second-order valence-electron chi connectivity index (χ2n) is 11.0. The predicted octanol–water partition coefficient (Wildman–Crippen LogP) is 4.32. The fourth-order valence-corrected chi connectivity index (χ4v) is 7.96. The summed E-state index contributed by atoms with van der Waals surface area (Å²) in [5.41, 5.74) is 3.82. The lowest BCUT2D eigenvalue weighted by molar-refractivity contribution is 0.0730. The number of hydrogen-bond acceptors (Lipinski definition) is 5. The van der Waals surface area contributed by atoms with Crippen molar-refractivity contribution in [1.82, 2.24) is 14.1 Å². The fraction of sp³-hybridized carbons (Fsp3) is 0.429. The number of para-hydroxylation sites is 1. The first-order chi connectivity index (χ1) is 17.6. The molecule has 2 heterocycles. The first-order valence-electron chi connectivity index (χ1n) is 12.8. The van der Waals surface area contributed by atoms with E-state index in [0.29, 0.717) is 37.7 Å². The summed E-state index contributed by atoms with van der Waals surface area (Å²) in [6.45, 7) is 8.27. The minimum atomic E-state index is -3.67. The van der Waals surface area contributed by atoms with Crippen LogP contribution in [0.4, 0.5) is 5.69 Å². The van der Waals surface area contributed by atoms with Gasteiger partial charge in [0.25, 0.3) is 5.91 Å². The first kappa shape index (κ1) is 24.3. The van der Waals surface area contributed by atoms with Crippen molar-refractivity contribution in [3.63, 3.8) is 0 Å². The zero-order valence-corrected chi connectivity index (χ0v) is 22.2. The van der Waals surface area contributed by atoms with Crippen molar-refractivity contribution < 1.29 is 17.9 Å². The number of nitrogens with one attached hydrogen (secondary N) is 1. The molecule has 9 heteroatoms. The van der Waals surface area contributed by atoms with Gasteiger partial charge in [0.1, 0.15) is 0 Å². The zero-order chi connectivity index (χ0) is 26.0.